The van der Waals surface area contributed by atoms with Crippen LogP contribution in [0.3, 0.4) is 0 Å². The van der Waals surface area contributed by atoms with E-state index in [1.54, 1.807) is 13.8 Å². The minimum Gasteiger partial charge on any atom is -0.463 e. The third-order valence-electron chi connectivity index (χ3n) is 5.06. The molecule has 3 rings (SSSR count). The molecule has 0 aliphatic carbocycles. The van der Waals surface area contributed by atoms with Crippen LogP contribution >= 0.6 is 19.3 Å². The summed E-state index contributed by atoms with van der Waals surface area (Å²) >= 11 is 0.904. The van der Waals surface area contributed by atoms with Gasteiger partial charge in [-0.1, -0.05) is 74.5 Å². The van der Waals surface area contributed by atoms with Crippen molar-refractivity contribution in [1.29, 1.82) is 0 Å². The van der Waals surface area contributed by atoms with Crippen molar-refractivity contribution >= 4 is 19.3 Å². The Kier molecular flexibility index (Phi) is 6.30. The van der Waals surface area contributed by atoms with Crippen LogP contribution in [0.4, 0.5) is 0 Å². The van der Waals surface area contributed by atoms with Crippen molar-refractivity contribution in [3.63, 3.8) is 0 Å². The molecular formula is C20H23N2O4PS. The van der Waals surface area contributed by atoms with Gasteiger partial charge in [-0.05, 0) is 24.0 Å². The topological polar surface area (TPSA) is 92.5 Å². The molecule has 0 atom stereocenters. The molecule has 3 aromatic rings. The average molecular weight is 418 g/mol. The molecule has 0 unspecified atom stereocenters. The van der Waals surface area contributed by atoms with Crippen LogP contribution in [0.5, 0.6) is 5.88 Å². The monoisotopic (exact) mass is 418 g/mol. The predicted octanol–water partition coefficient (Wildman–Crippen LogP) is 4.90. The molecular weight excluding hydrogens is 395 g/mol. The quantitative estimate of drug-likeness (QED) is 0.506. The Morgan fingerprint density at radius 3 is 1.89 bits per heavy atom. The lowest BCUT2D eigenvalue weighted by atomic mass is 9.98. The smallest absolute Gasteiger partial charge is 0.337 e. The summed E-state index contributed by atoms with van der Waals surface area (Å²) < 4.78 is 27.1. The number of rotatable bonds is 8. The molecule has 2 N–H and O–H groups in total. The highest BCUT2D eigenvalue weighted by Crippen LogP contribution is 2.62. The van der Waals surface area contributed by atoms with E-state index in [1.807, 2.05) is 60.7 Å². The van der Waals surface area contributed by atoms with Crippen LogP contribution in [0.1, 0.15) is 49.6 Å². The van der Waals surface area contributed by atoms with Gasteiger partial charge < -0.3 is 14.5 Å². The van der Waals surface area contributed by atoms with E-state index in [-0.39, 0.29) is 24.4 Å². The molecule has 1 heterocycles. The first-order valence-electron chi connectivity index (χ1n) is 9.08. The standard InChI is InChI=1S/C20H23N2O4PS/c1-3-20(4-2,27(23,24)25)18-19(22-28-21-18)26-17(15-11-7-5-8-12-15)16-13-9-6-10-14-16/h5-14,17H,3-4H2,1-2H3,(H2,23,24,25). The van der Waals surface area contributed by atoms with E-state index in [0.717, 1.165) is 22.9 Å². The molecule has 8 heteroatoms. The van der Waals surface area contributed by atoms with Gasteiger partial charge in [-0.2, -0.15) is 4.37 Å². The highest BCUT2D eigenvalue weighted by Gasteiger charge is 2.50. The number of benzene rings is 2. The van der Waals surface area contributed by atoms with Gasteiger partial charge >= 0.3 is 7.60 Å². The van der Waals surface area contributed by atoms with Crippen molar-refractivity contribution in [2.24, 2.45) is 0 Å². The van der Waals surface area contributed by atoms with E-state index in [1.165, 1.54) is 0 Å². The van der Waals surface area contributed by atoms with Gasteiger partial charge in [-0.3, -0.25) is 4.57 Å². The SMILES string of the molecule is CCC(CC)(c1nsnc1OC(c1ccccc1)c1ccccc1)P(=O)(O)O. The molecule has 1 aromatic heterocycles. The summed E-state index contributed by atoms with van der Waals surface area (Å²) in [5, 5.41) is -1.41. The van der Waals surface area contributed by atoms with Gasteiger partial charge in [-0.25, -0.2) is 0 Å². The molecule has 0 spiro atoms. The maximum absolute atomic E-state index is 12.4. The summed E-state index contributed by atoms with van der Waals surface area (Å²) in [6.07, 6.45) is 0.00146. The van der Waals surface area contributed by atoms with Crippen LogP contribution in [0.25, 0.3) is 0 Å². The molecule has 148 valence electrons. The summed E-state index contributed by atoms with van der Waals surface area (Å²) in [5.41, 5.74) is 2.07. The highest BCUT2D eigenvalue weighted by atomic mass is 32.1. The van der Waals surface area contributed by atoms with Crippen molar-refractivity contribution < 1.29 is 19.1 Å². The van der Waals surface area contributed by atoms with Crippen LogP contribution in [-0.4, -0.2) is 18.5 Å². The van der Waals surface area contributed by atoms with Crippen molar-refractivity contribution in [2.45, 2.75) is 37.9 Å². The van der Waals surface area contributed by atoms with Gasteiger partial charge in [0.2, 0.25) is 0 Å². The Balaban J connectivity index is 2.07. The van der Waals surface area contributed by atoms with Gasteiger partial charge in [0.15, 0.2) is 6.10 Å². The van der Waals surface area contributed by atoms with Crippen LogP contribution in [0.2, 0.25) is 0 Å². The second-order valence-corrected chi connectivity index (χ2v) is 8.99. The average Bonchev–Trinajstić information content (AvgIpc) is 3.16. The summed E-state index contributed by atoms with van der Waals surface area (Å²) in [5.74, 6) is 0.176. The fourth-order valence-corrected chi connectivity index (χ4v) is 5.26. The number of nitrogens with zero attached hydrogens (tertiary/aromatic N) is 2. The highest BCUT2D eigenvalue weighted by molar-refractivity contribution is 7.53. The number of ether oxygens (including phenoxy) is 1. The van der Waals surface area contributed by atoms with Crippen LogP contribution in [0.15, 0.2) is 60.7 Å². The van der Waals surface area contributed by atoms with Crippen molar-refractivity contribution in [1.82, 2.24) is 8.75 Å². The Morgan fingerprint density at radius 2 is 1.46 bits per heavy atom. The second kappa shape index (κ2) is 8.53. The van der Waals surface area contributed by atoms with Crippen molar-refractivity contribution in [3.05, 3.63) is 77.5 Å². The Bertz CT molecular complexity index is 900. The largest absolute Gasteiger partial charge is 0.463 e. The molecule has 0 aliphatic heterocycles. The van der Waals surface area contributed by atoms with Gasteiger partial charge in [0.25, 0.3) is 5.88 Å². The fourth-order valence-electron chi connectivity index (χ4n) is 3.37. The minimum atomic E-state index is -4.49. The summed E-state index contributed by atoms with van der Waals surface area (Å²) in [6.45, 7) is 3.50. The first-order valence-corrected chi connectivity index (χ1v) is 11.4. The van der Waals surface area contributed by atoms with E-state index in [0.29, 0.717) is 0 Å². The molecule has 2 aromatic carbocycles. The lowest BCUT2D eigenvalue weighted by Crippen LogP contribution is -2.26. The van der Waals surface area contributed by atoms with E-state index in [4.69, 9.17) is 4.74 Å². The Labute approximate surface area is 168 Å². The predicted molar refractivity (Wildman–Crippen MR) is 110 cm³/mol. The minimum absolute atomic E-state index is 0.176. The number of hydrogen-bond acceptors (Lipinski definition) is 5. The Hall–Kier alpha value is -2.05. The molecule has 0 aliphatic rings. The Morgan fingerprint density at radius 1 is 0.964 bits per heavy atom. The van der Waals surface area contributed by atoms with Gasteiger partial charge in [0.1, 0.15) is 10.9 Å². The summed E-state index contributed by atoms with van der Waals surface area (Å²) in [4.78, 5) is 20.2. The summed E-state index contributed by atoms with van der Waals surface area (Å²) in [7, 11) is -4.49. The molecule has 0 radical (unpaired) electrons. The zero-order chi connectivity index (χ0) is 20.2. The second-order valence-electron chi connectivity index (χ2n) is 6.52. The van der Waals surface area contributed by atoms with Crippen LogP contribution < -0.4 is 4.74 Å². The molecule has 0 amide bonds. The molecule has 0 saturated carbocycles. The van der Waals surface area contributed by atoms with Crippen LogP contribution in [0, 0.1) is 0 Å². The number of aromatic nitrogens is 2. The lowest BCUT2D eigenvalue weighted by molar-refractivity contribution is 0.229. The maximum atomic E-state index is 12.4. The normalized spacial score (nSPS) is 12.3. The van der Waals surface area contributed by atoms with E-state index < -0.39 is 18.9 Å². The zero-order valence-corrected chi connectivity index (χ0v) is 17.4. The van der Waals surface area contributed by atoms with E-state index >= 15 is 0 Å². The van der Waals surface area contributed by atoms with Gasteiger partial charge in [0.05, 0.1) is 11.7 Å². The van der Waals surface area contributed by atoms with Gasteiger partial charge in [0, 0.05) is 0 Å². The van der Waals surface area contributed by atoms with Crippen molar-refractivity contribution in [2.75, 3.05) is 0 Å². The fraction of sp³-hybridized carbons (Fsp3) is 0.300. The number of hydrogen-bond donors (Lipinski definition) is 2. The summed E-state index contributed by atoms with van der Waals surface area (Å²) in [6, 6.07) is 19.3. The van der Waals surface area contributed by atoms with Crippen LogP contribution in [-0.2, 0) is 9.72 Å². The van der Waals surface area contributed by atoms with E-state index in [9.17, 15) is 14.4 Å². The molecule has 6 nitrogen and oxygen atoms in total. The first kappa shape index (κ1) is 20.7. The molecule has 0 bridgehead atoms. The molecule has 0 fully saturated rings. The van der Waals surface area contributed by atoms with Crippen molar-refractivity contribution in [3.8, 4) is 5.88 Å². The third kappa shape index (κ3) is 3.89. The third-order valence-corrected chi connectivity index (χ3v) is 7.53. The van der Waals surface area contributed by atoms with E-state index in [2.05, 4.69) is 8.75 Å². The van der Waals surface area contributed by atoms with Gasteiger partial charge in [-0.15, -0.1) is 4.37 Å². The first-order chi connectivity index (χ1) is 13.4. The zero-order valence-electron chi connectivity index (χ0n) is 15.7. The molecule has 0 saturated heterocycles. The lowest BCUT2D eigenvalue weighted by Gasteiger charge is -2.31. The molecule has 28 heavy (non-hydrogen) atoms. The maximum Gasteiger partial charge on any atom is 0.337 e.